The van der Waals surface area contributed by atoms with Crippen molar-refractivity contribution in [2.45, 2.75) is 32.2 Å². The lowest BCUT2D eigenvalue weighted by Gasteiger charge is -2.11. The van der Waals surface area contributed by atoms with Crippen LogP contribution in [0, 0.1) is 0 Å². The average molecular weight is 371 g/mol. The first-order chi connectivity index (χ1) is 13.8. The number of amides is 1. The molecule has 4 aromatic rings. The van der Waals surface area contributed by atoms with Gasteiger partial charge in [-0.2, -0.15) is 5.10 Å². The van der Waals surface area contributed by atoms with E-state index >= 15 is 0 Å². The quantitative estimate of drug-likeness (QED) is 0.576. The highest BCUT2D eigenvalue weighted by molar-refractivity contribution is 5.99. The molecule has 0 bridgehead atoms. The minimum Gasteiger partial charge on any atom is -0.358 e. The molecule has 0 radical (unpaired) electrons. The molecule has 0 fully saturated rings. The normalized spacial score (nSPS) is 13.4. The van der Waals surface area contributed by atoms with E-state index in [0.717, 1.165) is 29.7 Å². The maximum absolute atomic E-state index is 12.8. The van der Waals surface area contributed by atoms with Crippen molar-refractivity contribution < 1.29 is 4.79 Å². The van der Waals surface area contributed by atoms with Gasteiger partial charge in [0, 0.05) is 52.9 Å². The number of aryl methyl sites for hydroxylation is 2. The summed E-state index contributed by atoms with van der Waals surface area (Å²) >= 11 is 0. The second-order valence-corrected chi connectivity index (χ2v) is 7.17. The first kappa shape index (κ1) is 16.7. The van der Waals surface area contributed by atoms with E-state index in [-0.39, 0.29) is 5.91 Å². The van der Waals surface area contributed by atoms with Crippen molar-refractivity contribution >= 4 is 16.8 Å². The Hall–Kier alpha value is -3.41. The molecule has 3 aromatic heterocycles. The molecule has 1 aromatic carbocycles. The lowest BCUT2D eigenvalue weighted by atomic mass is 9.95. The molecule has 0 saturated heterocycles. The number of aromatic amines is 1. The number of aromatic nitrogens is 4. The van der Waals surface area contributed by atoms with Crippen LogP contribution < -0.4 is 5.32 Å². The van der Waals surface area contributed by atoms with Gasteiger partial charge in [-0.05, 0) is 61.6 Å². The van der Waals surface area contributed by atoms with Gasteiger partial charge in [0.1, 0.15) is 0 Å². The molecule has 6 nitrogen and oxygen atoms in total. The zero-order chi connectivity index (χ0) is 18.9. The van der Waals surface area contributed by atoms with E-state index in [2.05, 4.69) is 20.4 Å². The molecule has 140 valence electrons. The first-order valence-electron chi connectivity index (χ1n) is 9.65. The highest BCUT2D eigenvalue weighted by atomic mass is 16.1. The van der Waals surface area contributed by atoms with Crippen molar-refractivity contribution in [3.63, 3.8) is 0 Å². The summed E-state index contributed by atoms with van der Waals surface area (Å²) in [5.74, 6) is 0.644. The standard InChI is InChI=1S/C22H21N5O/c28-22(24-14-16-5-3-10-23-21(16)27-12-4-11-25-27)15-8-9-20-18(13-15)17-6-1-2-7-19(17)26-20/h3-5,8-13,26H,1-2,6-7,14H2,(H,24,28). The summed E-state index contributed by atoms with van der Waals surface area (Å²) in [6.45, 7) is 0.394. The topological polar surface area (TPSA) is 75.6 Å². The summed E-state index contributed by atoms with van der Waals surface area (Å²) in [7, 11) is 0. The summed E-state index contributed by atoms with van der Waals surface area (Å²) in [5, 5.41) is 8.45. The van der Waals surface area contributed by atoms with Crippen molar-refractivity contribution in [1.82, 2.24) is 25.1 Å². The van der Waals surface area contributed by atoms with Gasteiger partial charge < -0.3 is 10.3 Å². The molecular formula is C22H21N5O. The average Bonchev–Trinajstić information content (AvgIpc) is 3.39. The van der Waals surface area contributed by atoms with Gasteiger partial charge in [-0.25, -0.2) is 9.67 Å². The number of fused-ring (bicyclic) bond motifs is 3. The van der Waals surface area contributed by atoms with Crippen molar-refractivity contribution in [3.8, 4) is 5.82 Å². The van der Waals surface area contributed by atoms with Gasteiger partial charge in [0.25, 0.3) is 5.91 Å². The van der Waals surface area contributed by atoms with Crippen LogP contribution in [0.15, 0.2) is 55.0 Å². The van der Waals surface area contributed by atoms with Gasteiger partial charge >= 0.3 is 0 Å². The maximum Gasteiger partial charge on any atom is 0.251 e. The molecule has 1 aliphatic carbocycles. The van der Waals surface area contributed by atoms with Crippen molar-refractivity contribution in [2.24, 2.45) is 0 Å². The Morgan fingerprint density at radius 2 is 2.07 bits per heavy atom. The van der Waals surface area contributed by atoms with Crippen LogP contribution in [0.1, 0.15) is 40.0 Å². The molecule has 28 heavy (non-hydrogen) atoms. The monoisotopic (exact) mass is 371 g/mol. The Kier molecular flexibility index (Phi) is 4.16. The van der Waals surface area contributed by atoms with Crippen LogP contribution in [-0.4, -0.2) is 25.7 Å². The van der Waals surface area contributed by atoms with Crippen LogP contribution >= 0.6 is 0 Å². The van der Waals surface area contributed by atoms with E-state index in [4.69, 9.17) is 0 Å². The maximum atomic E-state index is 12.8. The van der Waals surface area contributed by atoms with Gasteiger partial charge in [0.15, 0.2) is 5.82 Å². The fourth-order valence-corrected chi connectivity index (χ4v) is 3.99. The lowest BCUT2D eigenvalue weighted by molar-refractivity contribution is 0.0951. The van der Waals surface area contributed by atoms with Crippen molar-refractivity contribution in [1.29, 1.82) is 0 Å². The van der Waals surface area contributed by atoms with E-state index in [1.54, 1.807) is 17.1 Å². The smallest absolute Gasteiger partial charge is 0.251 e. The van der Waals surface area contributed by atoms with E-state index in [9.17, 15) is 4.79 Å². The predicted molar refractivity (Wildman–Crippen MR) is 107 cm³/mol. The summed E-state index contributed by atoms with van der Waals surface area (Å²) in [6, 6.07) is 11.6. The Labute approximate surface area is 162 Å². The minimum absolute atomic E-state index is 0.0806. The highest BCUT2D eigenvalue weighted by Crippen LogP contribution is 2.29. The molecule has 0 unspecified atom stereocenters. The van der Waals surface area contributed by atoms with E-state index in [1.807, 2.05) is 42.6 Å². The predicted octanol–water partition coefficient (Wildman–Crippen LogP) is 3.56. The van der Waals surface area contributed by atoms with Crippen LogP contribution in [-0.2, 0) is 19.4 Å². The molecule has 5 rings (SSSR count). The van der Waals surface area contributed by atoms with E-state index in [0.29, 0.717) is 12.1 Å². The van der Waals surface area contributed by atoms with E-state index in [1.165, 1.54) is 29.5 Å². The Morgan fingerprint density at radius 3 is 2.96 bits per heavy atom. The number of hydrogen-bond acceptors (Lipinski definition) is 3. The fraction of sp³-hybridized carbons (Fsp3) is 0.227. The third kappa shape index (κ3) is 2.97. The van der Waals surface area contributed by atoms with Gasteiger partial charge in [0.2, 0.25) is 0 Å². The lowest BCUT2D eigenvalue weighted by Crippen LogP contribution is -2.23. The fourth-order valence-electron chi connectivity index (χ4n) is 3.99. The summed E-state index contributed by atoms with van der Waals surface area (Å²) < 4.78 is 1.71. The Balaban J connectivity index is 1.38. The van der Waals surface area contributed by atoms with Crippen LogP contribution in [0.5, 0.6) is 0 Å². The number of H-pyrrole nitrogens is 1. The SMILES string of the molecule is O=C(NCc1cccnc1-n1cccn1)c1ccc2[nH]c3c(c2c1)CCCC3. The van der Waals surface area contributed by atoms with Gasteiger partial charge in [-0.3, -0.25) is 4.79 Å². The Bertz CT molecular complexity index is 1140. The number of carbonyl (C=O) groups is 1. The number of nitrogens with one attached hydrogen (secondary N) is 2. The van der Waals surface area contributed by atoms with Crippen LogP contribution in [0.25, 0.3) is 16.7 Å². The number of pyridine rings is 1. The zero-order valence-electron chi connectivity index (χ0n) is 15.5. The Morgan fingerprint density at radius 1 is 1.14 bits per heavy atom. The molecule has 3 heterocycles. The van der Waals surface area contributed by atoms with Gasteiger partial charge in [0.05, 0.1) is 0 Å². The molecule has 0 spiro atoms. The summed E-state index contributed by atoms with van der Waals surface area (Å²) in [5.41, 5.74) is 5.43. The third-order valence-electron chi connectivity index (χ3n) is 5.39. The van der Waals surface area contributed by atoms with Crippen molar-refractivity contribution in [3.05, 3.63) is 77.4 Å². The summed E-state index contributed by atoms with van der Waals surface area (Å²) in [4.78, 5) is 20.7. The largest absolute Gasteiger partial charge is 0.358 e. The second kappa shape index (κ2) is 6.96. The summed E-state index contributed by atoms with van der Waals surface area (Å²) in [6.07, 6.45) is 9.92. The molecule has 6 heteroatoms. The molecule has 0 saturated carbocycles. The van der Waals surface area contributed by atoms with Gasteiger partial charge in [-0.15, -0.1) is 0 Å². The molecular weight excluding hydrogens is 350 g/mol. The second-order valence-electron chi connectivity index (χ2n) is 7.17. The molecule has 1 amide bonds. The molecule has 0 aliphatic heterocycles. The number of hydrogen-bond donors (Lipinski definition) is 2. The van der Waals surface area contributed by atoms with E-state index < -0.39 is 0 Å². The first-order valence-corrected chi connectivity index (χ1v) is 9.65. The molecule has 0 atom stereocenters. The number of nitrogens with zero attached hydrogens (tertiary/aromatic N) is 3. The number of carbonyl (C=O) groups excluding carboxylic acids is 1. The van der Waals surface area contributed by atoms with Crippen molar-refractivity contribution in [2.75, 3.05) is 0 Å². The zero-order valence-corrected chi connectivity index (χ0v) is 15.5. The number of rotatable bonds is 4. The molecule has 1 aliphatic rings. The number of benzene rings is 1. The molecule has 2 N–H and O–H groups in total. The highest BCUT2D eigenvalue weighted by Gasteiger charge is 2.17. The minimum atomic E-state index is -0.0806. The van der Waals surface area contributed by atoms with Crippen LogP contribution in [0.2, 0.25) is 0 Å². The van der Waals surface area contributed by atoms with Gasteiger partial charge in [-0.1, -0.05) is 6.07 Å². The third-order valence-corrected chi connectivity index (χ3v) is 5.39. The van der Waals surface area contributed by atoms with Crippen LogP contribution in [0.3, 0.4) is 0 Å². The van der Waals surface area contributed by atoms with Crippen LogP contribution in [0.4, 0.5) is 0 Å².